The topological polar surface area (TPSA) is 101 Å². The molecule has 6 nitrogen and oxygen atoms in total. The van der Waals surface area contributed by atoms with Crippen molar-refractivity contribution in [2.75, 3.05) is 19.6 Å². The van der Waals surface area contributed by atoms with Gasteiger partial charge in [0.05, 0.1) is 0 Å². The van der Waals surface area contributed by atoms with Crippen molar-refractivity contribution in [1.82, 2.24) is 9.03 Å². The van der Waals surface area contributed by atoms with Crippen molar-refractivity contribution in [3.05, 3.63) is 0 Å². The number of nitrogens with two attached hydrogens (primary N) is 2. The van der Waals surface area contributed by atoms with E-state index in [-0.39, 0.29) is 12.6 Å². The van der Waals surface area contributed by atoms with Gasteiger partial charge in [-0.05, 0) is 20.3 Å². The van der Waals surface area contributed by atoms with Crippen LogP contribution in [0.15, 0.2) is 0 Å². The zero-order chi connectivity index (χ0) is 11.7. The van der Waals surface area contributed by atoms with Crippen molar-refractivity contribution < 1.29 is 8.42 Å². The summed E-state index contributed by atoms with van der Waals surface area (Å²) in [6, 6.07) is -0.0532. The summed E-state index contributed by atoms with van der Waals surface area (Å²) in [7, 11) is -3.44. The highest BCUT2D eigenvalue weighted by molar-refractivity contribution is 7.87. The van der Waals surface area contributed by atoms with Gasteiger partial charge in [-0.2, -0.15) is 17.4 Å². The summed E-state index contributed by atoms with van der Waals surface area (Å²) in [4.78, 5) is 0. The quantitative estimate of drug-likeness (QED) is 0.558. The van der Waals surface area contributed by atoms with E-state index in [4.69, 9.17) is 11.5 Å². The molecule has 1 heterocycles. The molecule has 1 aliphatic heterocycles. The van der Waals surface area contributed by atoms with E-state index in [0.717, 1.165) is 0 Å². The minimum absolute atomic E-state index is 0.0532. The van der Waals surface area contributed by atoms with Gasteiger partial charge in [-0.15, -0.1) is 0 Å². The number of hydrogen-bond acceptors (Lipinski definition) is 4. The molecule has 5 N–H and O–H groups in total. The second-order valence-corrected chi connectivity index (χ2v) is 6.27. The smallest absolute Gasteiger partial charge is 0.280 e. The standard InChI is InChI=1S/C8H20N4O2S/c1-8(2,6-9)11-15(13,14)12-4-3-7(10)5-12/h7,11H,3-6,9-10H2,1-2H3/t7-/m1/s1. The second kappa shape index (κ2) is 4.34. The minimum Gasteiger partial charge on any atom is -0.329 e. The molecule has 1 aliphatic rings. The van der Waals surface area contributed by atoms with E-state index in [1.807, 2.05) is 0 Å². The van der Waals surface area contributed by atoms with Crippen LogP contribution in [0.2, 0.25) is 0 Å². The molecule has 0 aromatic carbocycles. The van der Waals surface area contributed by atoms with E-state index in [1.165, 1.54) is 4.31 Å². The summed E-state index contributed by atoms with van der Waals surface area (Å²) in [5, 5.41) is 0. The predicted octanol–water partition coefficient (Wildman–Crippen LogP) is -1.41. The lowest BCUT2D eigenvalue weighted by Crippen LogP contribution is -2.53. The lowest BCUT2D eigenvalue weighted by Gasteiger charge is -2.27. The molecule has 0 spiro atoms. The van der Waals surface area contributed by atoms with Crippen molar-refractivity contribution in [3.63, 3.8) is 0 Å². The van der Waals surface area contributed by atoms with Gasteiger partial charge < -0.3 is 11.5 Å². The molecular weight excluding hydrogens is 216 g/mol. The van der Waals surface area contributed by atoms with Gasteiger partial charge in [0.2, 0.25) is 0 Å². The van der Waals surface area contributed by atoms with Crippen LogP contribution in [0.25, 0.3) is 0 Å². The third-order valence-corrected chi connectivity index (χ3v) is 4.26. The SMILES string of the molecule is CC(C)(CN)NS(=O)(=O)N1CC[C@@H](N)C1. The molecule has 90 valence electrons. The lowest BCUT2D eigenvalue weighted by atomic mass is 10.1. The zero-order valence-electron chi connectivity index (χ0n) is 9.23. The van der Waals surface area contributed by atoms with E-state index >= 15 is 0 Å². The molecule has 0 radical (unpaired) electrons. The molecule has 0 unspecified atom stereocenters. The van der Waals surface area contributed by atoms with Gasteiger partial charge in [0.1, 0.15) is 0 Å². The Hall–Kier alpha value is -0.210. The van der Waals surface area contributed by atoms with E-state index in [1.54, 1.807) is 13.8 Å². The highest BCUT2D eigenvalue weighted by Crippen LogP contribution is 2.13. The number of nitrogens with one attached hydrogen (secondary N) is 1. The minimum atomic E-state index is -3.44. The maximum absolute atomic E-state index is 11.9. The first-order chi connectivity index (χ1) is 6.77. The van der Waals surface area contributed by atoms with E-state index in [9.17, 15) is 8.42 Å². The third kappa shape index (κ3) is 3.39. The number of hydrogen-bond donors (Lipinski definition) is 3. The molecule has 1 rings (SSSR count). The number of nitrogens with zero attached hydrogens (tertiary/aromatic N) is 1. The highest BCUT2D eigenvalue weighted by atomic mass is 32.2. The summed E-state index contributed by atoms with van der Waals surface area (Å²) in [6.07, 6.45) is 0.712. The van der Waals surface area contributed by atoms with Crippen molar-refractivity contribution >= 4 is 10.2 Å². The molecule has 1 saturated heterocycles. The molecule has 7 heteroatoms. The van der Waals surface area contributed by atoms with E-state index in [2.05, 4.69) is 4.72 Å². The maximum atomic E-state index is 11.9. The van der Waals surface area contributed by atoms with Crippen LogP contribution in [0.5, 0.6) is 0 Å². The Labute approximate surface area is 91.2 Å². The van der Waals surface area contributed by atoms with Gasteiger partial charge in [-0.25, -0.2) is 0 Å². The predicted molar refractivity (Wildman–Crippen MR) is 59.4 cm³/mol. The first-order valence-corrected chi connectivity index (χ1v) is 6.45. The van der Waals surface area contributed by atoms with E-state index in [0.29, 0.717) is 19.5 Å². The molecule has 1 atom stereocenters. The fraction of sp³-hybridized carbons (Fsp3) is 1.00. The molecule has 1 fully saturated rings. The first kappa shape index (κ1) is 12.9. The molecule has 0 saturated carbocycles. The zero-order valence-corrected chi connectivity index (χ0v) is 10.0. The normalized spacial score (nSPS) is 24.7. The van der Waals surface area contributed by atoms with Gasteiger partial charge in [-0.3, -0.25) is 0 Å². The third-order valence-electron chi connectivity index (χ3n) is 2.44. The molecule has 0 bridgehead atoms. The Morgan fingerprint density at radius 2 is 2.13 bits per heavy atom. The van der Waals surface area contributed by atoms with Crippen molar-refractivity contribution in [2.24, 2.45) is 11.5 Å². The van der Waals surface area contributed by atoms with Crippen LogP contribution >= 0.6 is 0 Å². The van der Waals surface area contributed by atoms with Gasteiger partial charge >= 0.3 is 0 Å². The van der Waals surface area contributed by atoms with Crippen LogP contribution in [-0.4, -0.2) is 43.9 Å². The lowest BCUT2D eigenvalue weighted by molar-refractivity contribution is 0.412. The van der Waals surface area contributed by atoms with Crippen molar-refractivity contribution in [3.8, 4) is 0 Å². The van der Waals surface area contributed by atoms with Crippen molar-refractivity contribution in [2.45, 2.75) is 31.8 Å². The average Bonchev–Trinajstić information content (AvgIpc) is 2.51. The molecule has 0 aromatic heterocycles. The maximum Gasteiger partial charge on any atom is 0.280 e. The molecule has 0 aliphatic carbocycles. The fourth-order valence-electron chi connectivity index (χ4n) is 1.43. The molecule has 0 amide bonds. The Morgan fingerprint density at radius 1 is 1.53 bits per heavy atom. The largest absolute Gasteiger partial charge is 0.329 e. The van der Waals surface area contributed by atoms with Gasteiger partial charge in [-0.1, -0.05) is 0 Å². The summed E-state index contributed by atoms with van der Waals surface area (Å²) in [5.41, 5.74) is 10.5. The molecule has 0 aromatic rings. The van der Waals surface area contributed by atoms with Crippen molar-refractivity contribution in [1.29, 1.82) is 0 Å². The van der Waals surface area contributed by atoms with Gasteiger partial charge in [0, 0.05) is 31.2 Å². The fourth-order valence-corrected chi connectivity index (χ4v) is 3.07. The summed E-state index contributed by atoms with van der Waals surface area (Å²) in [6.45, 7) is 4.63. The average molecular weight is 236 g/mol. The van der Waals surface area contributed by atoms with Crippen LogP contribution in [0.1, 0.15) is 20.3 Å². The van der Waals surface area contributed by atoms with Gasteiger partial charge in [0.25, 0.3) is 10.2 Å². The molecule has 15 heavy (non-hydrogen) atoms. The summed E-state index contributed by atoms with van der Waals surface area (Å²) < 4.78 is 27.6. The molecular formula is C8H20N4O2S. The van der Waals surface area contributed by atoms with Gasteiger partial charge in [0.15, 0.2) is 0 Å². The van der Waals surface area contributed by atoms with Crippen LogP contribution in [0.4, 0.5) is 0 Å². The van der Waals surface area contributed by atoms with Crippen LogP contribution in [-0.2, 0) is 10.2 Å². The number of rotatable bonds is 4. The summed E-state index contributed by atoms with van der Waals surface area (Å²) >= 11 is 0. The Bertz CT molecular complexity index is 315. The summed E-state index contributed by atoms with van der Waals surface area (Å²) in [5.74, 6) is 0. The monoisotopic (exact) mass is 236 g/mol. The van der Waals surface area contributed by atoms with Crippen LogP contribution in [0, 0.1) is 0 Å². The van der Waals surface area contributed by atoms with Crippen LogP contribution in [0.3, 0.4) is 0 Å². The first-order valence-electron chi connectivity index (χ1n) is 5.01. The van der Waals surface area contributed by atoms with Crippen LogP contribution < -0.4 is 16.2 Å². The Morgan fingerprint density at radius 3 is 2.53 bits per heavy atom. The Kier molecular flexibility index (Phi) is 3.72. The van der Waals surface area contributed by atoms with E-state index < -0.39 is 15.7 Å². The highest BCUT2D eigenvalue weighted by Gasteiger charge is 2.33. The Balaban J connectivity index is 2.68. The second-order valence-electron chi connectivity index (χ2n) is 4.60.